The minimum absolute atomic E-state index is 0.0280. The number of hydrogen-bond acceptors (Lipinski definition) is 6. The van der Waals surface area contributed by atoms with Crippen LogP contribution >= 0.6 is 7.82 Å². The maximum atomic E-state index is 13.4. The van der Waals surface area contributed by atoms with Crippen molar-refractivity contribution in [3.63, 3.8) is 0 Å². The number of rotatable bonds is 45. The van der Waals surface area contributed by atoms with Crippen LogP contribution in [0.3, 0.4) is 0 Å². The number of esters is 1. The molecule has 2 N–H and O–H groups in total. The maximum Gasteiger partial charge on any atom is 0.472 e. The molecule has 0 saturated heterocycles. The Bertz CT molecular complexity index is 1390. The van der Waals surface area contributed by atoms with E-state index < -0.39 is 20.0 Å². The third-order valence-corrected chi connectivity index (χ3v) is 11.9. The molecule has 0 aromatic rings. The lowest BCUT2D eigenvalue weighted by Gasteiger charge is -2.27. The smallest absolute Gasteiger partial charge is 0.456 e. The van der Waals surface area contributed by atoms with Gasteiger partial charge < -0.3 is 19.4 Å². The van der Waals surface area contributed by atoms with Gasteiger partial charge >= 0.3 is 13.8 Å². The number of nitrogens with one attached hydrogen (secondary N) is 1. The molecule has 65 heavy (non-hydrogen) atoms. The lowest BCUT2D eigenvalue weighted by molar-refractivity contribution is -0.870. The van der Waals surface area contributed by atoms with Crippen molar-refractivity contribution < 1.29 is 37.3 Å². The summed E-state index contributed by atoms with van der Waals surface area (Å²) in [6.45, 7) is 6.70. The molecule has 9 nitrogen and oxygen atoms in total. The number of hydrogen-bond donors (Lipinski definition) is 2. The van der Waals surface area contributed by atoms with Crippen LogP contribution in [0.2, 0.25) is 0 Å². The predicted octanol–water partition coefficient (Wildman–Crippen LogP) is 15.1. The number of amides is 1. The van der Waals surface area contributed by atoms with E-state index in [-0.39, 0.29) is 31.5 Å². The Balaban J connectivity index is 5.52. The van der Waals surface area contributed by atoms with Crippen LogP contribution < -0.4 is 5.32 Å². The average molecular weight is 930 g/mol. The fourth-order valence-electron chi connectivity index (χ4n) is 6.89. The number of likely N-dealkylation sites (N-methyl/N-ethyl adjacent to an activating group) is 1. The van der Waals surface area contributed by atoms with Crippen molar-refractivity contribution in [1.29, 1.82) is 0 Å². The highest BCUT2D eigenvalue weighted by Crippen LogP contribution is 2.43. The van der Waals surface area contributed by atoms with Crippen molar-refractivity contribution in [2.75, 3.05) is 40.9 Å². The highest BCUT2D eigenvalue weighted by molar-refractivity contribution is 7.47. The van der Waals surface area contributed by atoms with Crippen molar-refractivity contribution in [2.24, 2.45) is 0 Å². The predicted molar refractivity (Wildman–Crippen MR) is 277 cm³/mol. The summed E-state index contributed by atoms with van der Waals surface area (Å²) in [6.07, 6.45) is 57.2. The molecule has 0 radical (unpaired) electrons. The molecule has 0 aliphatic rings. The zero-order chi connectivity index (χ0) is 48.0. The molecule has 374 valence electrons. The van der Waals surface area contributed by atoms with E-state index >= 15 is 0 Å². The second-order valence-corrected chi connectivity index (χ2v) is 19.8. The van der Waals surface area contributed by atoms with Gasteiger partial charge in [-0.15, -0.1) is 0 Å². The first-order valence-electron chi connectivity index (χ1n) is 25.9. The van der Waals surface area contributed by atoms with Crippen LogP contribution in [0.1, 0.15) is 201 Å². The number of nitrogens with zero attached hydrogens (tertiary/aromatic N) is 1. The Morgan fingerprint density at radius 1 is 0.569 bits per heavy atom. The van der Waals surface area contributed by atoms with Crippen LogP contribution in [0.15, 0.2) is 85.1 Å². The Labute approximate surface area is 399 Å². The molecule has 0 spiro atoms. The van der Waals surface area contributed by atoms with Crippen molar-refractivity contribution in [3.05, 3.63) is 85.1 Å². The Morgan fingerprint density at radius 2 is 1.06 bits per heavy atom. The summed E-state index contributed by atoms with van der Waals surface area (Å²) >= 11 is 0. The van der Waals surface area contributed by atoms with Crippen LogP contribution in [-0.4, -0.2) is 74.3 Å². The highest BCUT2D eigenvalue weighted by atomic mass is 31.2. The fourth-order valence-corrected chi connectivity index (χ4v) is 7.63. The van der Waals surface area contributed by atoms with Gasteiger partial charge in [0.25, 0.3) is 0 Å². The van der Waals surface area contributed by atoms with Gasteiger partial charge in [-0.1, -0.05) is 190 Å². The largest absolute Gasteiger partial charge is 0.472 e. The standard InChI is InChI=1S/C55H97N2O7P/c1-7-10-13-16-19-22-25-28-30-32-35-38-41-44-47-54(58)56-52(51-63-65(60,61)62-50-49-57(4,5)6)53(46-43-40-37-34-31-27-24-21-18-15-12-9-3)64-55(59)48-45-42-39-36-33-29-26-23-20-17-14-11-8-2/h10-11,13-14,17,19-20,22-23,26,28,30,43,46,52-53H,7-9,12,15-16,18,21,24-25,27,29,31-42,44-45,47-51H2,1-6H3,(H-,56,58,60,61)/p+1/b13-10+,14-11+,20-17+,22-19+,26-23-,30-28+,46-43+. The molecule has 0 aliphatic carbocycles. The molecular formula is C55H98N2O7P+. The third kappa shape index (κ3) is 46.1. The van der Waals surface area contributed by atoms with Crippen molar-refractivity contribution in [3.8, 4) is 0 Å². The van der Waals surface area contributed by atoms with Gasteiger partial charge in [-0.3, -0.25) is 18.6 Å². The number of ether oxygens (including phenoxy) is 1. The van der Waals surface area contributed by atoms with Gasteiger partial charge in [0.15, 0.2) is 0 Å². The monoisotopic (exact) mass is 930 g/mol. The molecule has 0 aromatic heterocycles. The molecule has 10 heteroatoms. The summed E-state index contributed by atoms with van der Waals surface area (Å²) in [5.41, 5.74) is 0. The fraction of sp³-hybridized carbons (Fsp3) is 0.709. The van der Waals surface area contributed by atoms with E-state index in [1.165, 1.54) is 51.4 Å². The maximum absolute atomic E-state index is 13.4. The van der Waals surface area contributed by atoms with Gasteiger partial charge in [0, 0.05) is 12.8 Å². The molecule has 0 fully saturated rings. The van der Waals surface area contributed by atoms with Crippen molar-refractivity contribution >= 4 is 19.7 Å². The number of unbranched alkanes of at least 4 members (excludes halogenated alkanes) is 19. The van der Waals surface area contributed by atoms with E-state index in [1.807, 2.05) is 39.4 Å². The highest BCUT2D eigenvalue weighted by Gasteiger charge is 2.30. The minimum atomic E-state index is -4.45. The summed E-state index contributed by atoms with van der Waals surface area (Å²) in [6, 6.07) is -0.870. The molecule has 0 bridgehead atoms. The Morgan fingerprint density at radius 3 is 1.65 bits per heavy atom. The van der Waals surface area contributed by atoms with Gasteiger partial charge in [-0.2, -0.15) is 0 Å². The van der Waals surface area contributed by atoms with E-state index in [1.54, 1.807) is 0 Å². The number of carbonyl (C=O) groups is 2. The van der Waals surface area contributed by atoms with E-state index in [2.05, 4.69) is 92.9 Å². The van der Waals surface area contributed by atoms with Crippen molar-refractivity contribution in [2.45, 2.75) is 213 Å². The van der Waals surface area contributed by atoms with E-state index in [0.717, 1.165) is 103 Å². The van der Waals surface area contributed by atoms with Crippen molar-refractivity contribution in [1.82, 2.24) is 5.32 Å². The molecule has 0 aromatic carbocycles. The molecule has 0 rings (SSSR count). The topological polar surface area (TPSA) is 111 Å². The first kappa shape index (κ1) is 62.2. The summed E-state index contributed by atoms with van der Waals surface area (Å²) in [5, 5.41) is 3.01. The molecular weight excluding hydrogens is 832 g/mol. The van der Waals surface area contributed by atoms with Crippen LogP contribution in [0.5, 0.6) is 0 Å². The van der Waals surface area contributed by atoms with Crippen LogP contribution in [-0.2, 0) is 27.9 Å². The molecule has 1 amide bonds. The van der Waals surface area contributed by atoms with Gasteiger partial charge in [-0.05, 0) is 83.1 Å². The van der Waals surface area contributed by atoms with Gasteiger partial charge in [-0.25, -0.2) is 4.57 Å². The first-order chi connectivity index (χ1) is 31.4. The lowest BCUT2D eigenvalue weighted by atomic mass is 10.0. The van der Waals surface area contributed by atoms with Crippen LogP contribution in [0, 0.1) is 0 Å². The lowest BCUT2D eigenvalue weighted by Crippen LogP contribution is -2.47. The summed E-state index contributed by atoms with van der Waals surface area (Å²) in [7, 11) is 1.45. The van der Waals surface area contributed by atoms with Crippen LogP contribution in [0.25, 0.3) is 0 Å². The van der Waals surface area contributed by atoms with Gasteiger partial charge in [0.2, 0.25) is 5.91 Å². The van der Waals surface area contributed by atoms with E-state index in [9.17, 15) is 19.0 Å². The number of carbonyl (C=O) groups excluding carboxylic acids is 2. The first-order valence-corrected chi connectivity index (χ1v) is 27.4. The third-order valence-electron chi connectivity index (χ3n) is 10.9. The quantitative estimate of drug-likeness (QED) is 0.0156. The van der Waals surface area contributed by atoms with E-state index in [0.29, 0.717) is 30.3 Å². The molecule has 0 aliphatic heterocycles. The summed E-state index contributed by atoms with van der Waals surface area (Å²) in [5.74, 6) is -0.564. The normalized spacial score (nSPS) is 14.6. The minimum Gasteiger partial charge on any atom is -0.456 e. The molecule has 3 unspecified atom stereocenters. The Kier molecular flexibility index (Phi) is 43.1. The SMILES string of the molecule is CC/C=C/C=C/C=C\CCCCCCCC(=O)OC(/C=C/CCCCCCCCCCCC)C(COP(=O)(O)OCC[N+](C)(C)C)NC(=O)CCCCCC/C=C/C/C=C/C/C=C/CC. The molecule has 0 heterocycles. The number of phosphoric acid groups is 1. The summed E-state index contributed by atoms with van der Waals surface area (Å²) < 4.78 is 30.5. The zero-order valence-corrected chi connectivity index (χ0v) is 43.3. The average Bonchev–Trinajstić information content (AvgIpc) is 3.26. The number of phosphoric ester groups is 1. The molecule has 0 saturated carbocycles. The second-order valence-electron chi connectivity index (χ2n) is 18.3. The number of quaternary nitrogens is 1. The molecule has 3 atom stereocenters. The zero-order valence-electron chi connectivity index (χ0n) is 42.4. The van der Waals surface area contributed by atoms with E-state index in [4.69, 9.17) is 13.8 Å². The Hall–Kier alpha value is -2.81. The number of allylic oxidation sites excluding steroid dienone is 13. The summed E-state index contributed by atoms with van der Waals surface area (Å²) in [4.78, 5) is 37.4. The van der Waals surface area contributed by atoms with Crippen LogP contribution in [0.4, 0.5) is 0 Å². The second kappa shape index (κ2) is 45.0. The van der Waals surface area contributed by atoms with Gasteiger partial charge in [0.1, 0.15) is 19.3 Å². The van der Waals surface area contributed by atoms with Gasteiger partial charge in [0.05, 0.1) is 33.8 Å².